The van der Waals surface area contributed by atoms with E-state index < -0.39 is 5.97 Å². The fraction of sp³-hybridized carbons (Fsp3) is 0.304. The number of hydrogen-bond donors (Lipinski definition) is 1. The van der Waals surface area contributed by atoms with Gasteiger partial charge in [-0.05, 0) is 29.5 Å². The largest absolute Gasteiger partial charge is 0.451 e. The van der Waals surface area contributed by atoms with E-state index in [1.807, 2.05) is 53.9 Å². The summed E-state index contributed by atoms with van der Waals surface area (Å²) in [4.78, 5) is 28.6. The molecule has 1 N–H and O–H groups in total. The molecule has 3 heterocycles. The zero-order valence-electron chi connectivity index (χ0n) is 17.0. The van der Waals surface area contributed by atoms with E-state index in [2.05, 4.69) is 10.2 Å². The Labute approximate surface area is 189 Å². The molecule has 0 aliphatic carbocycles. The first-order valence-electron chi connectivity index (χ1n) is 10.2. The lowest BCUT2D eigenvalue weighted by Crippen LogP contribution is -2.35. The molecule has 2 aromatic heterocycles. The van der Waals surface area contributed by atoms with Gasteiger partial charge in [0.2, 0.25) is 0 Å². The topological polar surface area (TPSA) is 67.9 Å². The highest BCUT2D eigenvalue weighted by Gasteiger charge is 2.23. The first kappa shape index (κ1) is 21.5. The van der Waals surface area contributed by atoms with Crippen LogP contribution < -0.4 is 10.2 Å². The summed E-state index contributed by atoms with van der Waals surface area (Å²) in [6.07, 6.45) is 0.769. The summed E-state index contributed by atoms with van der Waals surface area (Å²) in [7, 11) is 0. The summed E-state index contributed by atoms with van der Waals surface area (Å²) >= 11 is 3.06. The molecule has 0 radical (unpaired) electrons. The SMILES string of the molecule is O=C(COC(=O)c1cc(-c2ccccc2)c(N2CCOCC2)s1)NCCc1cccs1. The fourth-order valence-electron chi connectivity index (χ4n) is 3.34. The first-order valence-corrected chi connectivity index (χ1v) is 11.9. The molecule has 1 saturated heterocycles. The highest BCUT2D eigenvalue weighted by Crippen LogP contribution is 2.39. The molecule has 1 aromatic carbocycles. The highest BCUT2D eigenvalue weighted by molar-refractivity contribution is 7.18. The quantitative estimate of drug-likeness (QED) is 0.522. The molecule has 1 amide bonds. The van der Waals surface area contributed by atoms with Gasteiger partial charge in [0.25, 0.3) is 5.91 Å². The van der Waals surface area contributed by atoms with Gasteiger partial charge in [-0.1, -0.05) is 36.4 Å². The maximum absolute atomic E-state index is 12.7. The van der Waals surface area contributed by atoms with Gasteiger partial charge < -0.3 is 19.7 Å². The number of nitrogens with zero attached hydrogens (tertiary/aromatic N) is 1. The molecule has 0 bridgehead atoms. The van der Waals surface area contributed by atoms with Crippen molar-refractivity contribution in [2.75, 3.05) is 44.4 Å². The molecule has 4 rings (SSSR count). The number of carbonyl (C=O) groups is 2. The van der Waals surface area contributed by atoms with Crippen LogP contribution >= 0.6 is 22.7 Å². The fourth-order valence-corrected chi connectivity index (χ4v) is 5.18. The lowest BCUT2D eigenvalue weighted by Gasteiger charge is -2.28. The van der Waals surface area contributed by atoms with Gasteiger partial charge in [0, 0.05) is 30.1 Å². The molecule has 162 valence electrons. The van der Waals surface area contributed by atoms with E-state index in [0.29, 0.717) is 24.6 Å². The van der Waals surface area contributed by atoms with E-state index in [0.717, 1.165) is 35.6 Å². The highest BCUT2D eigenvalue weighted by atomic mass is 32.1. The number of anilines is 1. The number of thiophene rings is 2. The van der Waals surface area contributed by atoms with Crippen LogP contribution in [-0.4, -0.2) is 51.3 Å². The zero-order chi connectivity index (χ0) is 21.5. The average molecular weight is 457 g/mol. The maximum Gasteiger partial charge on any atom is 0.348 e. The van der Waals surface area contributed by atoms with Crippen LogP contribution in [0.25, 0.3) is 11.1 Å². The minimum Gasteiger partial charge on any atom is -0.451 e. The van der Waals surface area contributed by atoms with Gasteiger partial charge >= 0.3 is 5.97 Å². The molecule has 1 fully saturated rings. The van der Waals surface area contributed by atoms with Crippen LogP contribution in [0.4, 0.5) is 5.00 Å². The predicted molar refractivity (Wildman–Crippen MR) is 124 cm³/mol. The summed E-state index contributed by atoms with van der Waals surface area (Å²) in [5, 5.41) is 5.83. The summed E-state index contributed by atoms with van der Waals surface area (Å²) in [6, 6.07) is 15.9. The normalized spacial score (nSPS) is 13.7. The molecule has 1 aliphatic heterocycles. The summed E-state index contributed by atoms with van der Waals surface area (Å²) < 4.78 is 10.8. The van der Waals surface area contributed by atoms with Crippen molar-refractivity contribution in [3.05, 3.63) is 63.7 Å². The second-order valence-corrected chi connectivity index (χ2v) is 9.11. The molecular formula is C23H24N2O4S2. The predicted octanol–water partition coefficient (Wildman–Crippen LogP) is 3.83. The lowest BCUT2D eigenvalue weighted by atomic mass is 10.1. The smallest absolute Gasteiger partial charge is 0.348 e. The Kier molecular flexibility index (Phi) is 7.35. The molecule has 0 saturated carbocycles. The van der Waals surface area contributed by atoms with Crippen molar-refractivity contribution in [1.29, 1.82) is 0 Å². The number of esters is 1. The molecule has 8 heteroatoms. The molecule has 1 aliphatic rings. The Morgan fingerprint density at radius 3 is 2.65 bits per heavy atom. The Bertz CT molecular complexity index is 996. The molecule has 31 heavy (non-hydrogen) atoms. The Hall–Kier alpha value is -2.68. The molecular weight excluding hydrogens is 432 g/mol. The Balaban J connectivity index is 1.39. The van der Waals surface area contributed by atoms with Crippen LogP contribution in [0, 0.1) is 0 Å². The summed E-state index contributed by atoms with van der Waals surface area (Å²) in [6.45, 7) is 3.13. The van der Waals surface area contributed by atoms with Crippen LogP contribution in [0.2, 0.25) is 0 Å². The van der Waals surface area contributed by atoms with Gasteiger partial charge in [-0.2, -0.15) is 0 Å². The number of morpholine rings is 1. The minimum atomic E-state index is -0.477. The van der Waals surface area contributed by atoms with Crippen molar-refractivity contribution in [3.8, 4) is 11.1 Å². The van der Waals surface area contributed by atoms with E-state index >= 15 is 0 Å². The first-order chi connectivity index (χ1) is 15.2. The number of hydrogen-bond acceptors (Lipinski definition) is 7. The second kappa shape index (κ2) is 10.6. The molecule has 6 nitrogen and oxygen atoms in total. The molecule has 0 atom stereocenters. The second-order valence-electron chi connectivity index (χ2n) is 7.05. The van der Waals surface area contributed by atoms with Gasteiger partial charge in [0.1, 0.15) is 4.88 Å². The number of ether oxygens (including phenoxy) is 2. The van der Waals surface area contributed by atoms with E-state index in [9.17, 15) is 9.59 Å². The van der Waals surface area contributed by atoms with E-state index in [-0.39, 0.29) is 12.5 Å². The van der Waals surface area contributed by atoms with Crippen molar-refractivity contribution >= 4 is 39.6 Å². The van der Waals surface area contributed by atoms with Gasteiger partial charge in [-0.3, -0.25) is 4.79 Å². The van der Waals surface area contributed by atoms with Crippen LogP contribution in [0.15, 0.2) is 53.9 Å². The van der Waals surface area contributed by atoms with Crippen molar-refractivity contribution < 1.29 is 19.1 Å². The summed E-state index contributed by atoms with van der Waals surface area (Å²) in [5.41, 5.74) is 2.05. The van der Waals surface area contributed by atoms with E-state index in [4.69, 9.17) is 9.47 Å². The number of carbonyl (C=O) groups excluding carboxylic acids is 2. The third-order valence-electron chi connectivity index (χ3n) is 4.90. The zero-order valence-corrected chi connectivity index (χ0v) is 18.7. The molecule has 3 aromatic rings. The van der Waals surface area contributed by atoms with Crippen molar-refractivity contribution in [2.45, 2.75) is 6.42 Å². The standard InChI is InChI=1S/C23H24N2O4S2/c26-21(24-9-8-18-7-4-14-30-18)16-29-23(27)20-15-19(17-5-2-1-3-6-17)22(31-20)25-10-12-28-13-11-25/h1-7,14-15H,8-13,16H2,(H,24,26). The number of nitrogens with one attached hydrogen (secondary N) is 1. The number of benzene rings is 1. The number of amides is 1. The third kappa shape index (κ3) is 5.72. The summed E-state index contributed by atoms with van der Waals surface area (Å²) in [5.74, 6) is -0.770. The minimum absolute atomic E-state index is 0.283. The molecule has 0 unspecified atom stereocenters. The van der Waals surface area contributed by atoms with Gasteiger partial charge in [0.05, 0.1) is 18.2 Å². The third-order valence-corrected chi connectivity index (χ3v) is 7.02. The van der Waals surface area contributed by atoms with Gasteiger partial charge in [-0.25, -0.2) is 4.79 Å². The Morgan fingerprint density at radius 1 is 1.10 bits per heavy atom. The van der Waals surface area contributed by atoms with Crippen LogP contribution in [0.5, 0.6) is 0 Å². The van der Waals surface area contributed by atoms with E-state index in [1.165, 1.54) is 16.2 Å². The van der Waals surface area contributed by atoms with Crippen LogP contribution in [0.1, 0.15) is 14.5 Å². The van der Waals surface area contributed by atoms with Gasteiger partial charge in [-0.15, -0.1) is 22.7 Å². The van der Waals surface area contributed by atoms with Crippen molar-refractivity contribution in [2.24, 2.45) is 0 Å². The maximum atomic E-state index is 12.7. The van der Waals surface area contributed by atoms with Crippen molar-refractivity contribution in [3.63, 3.8) is 0 Å². The van der Waals surface area contributed by atoms with E-state index in [1.54, 1.807) is 11.3 Å². The van der Waals surface area contributed by atoms with Gasteiger partial charge in [0.15, 0.2) is 6.61 Å². The lowest BCUT2D eigenvalue weighted by molar-refractivity contribution is -0.124. The monoisotopic (exact) mass is 456 g/mol. The Morgan fingerprint density at radius 2 is 1.90 bits per heavy atom. The van der Waals surface area contributed by atoms with Crippen molar-refractivity contribution in [1.82, 2.24) is 5.32 Å². The number of rotatable bonds is 8. The molecule has 0 spiro atoms. The average Bonchev–Trinajstić information content (AvgIpc) is 3.49. The van der Waals surface area contributed by atoms with Crippen LogP contribution in [0.3, 0.4) is 0 Å². The van der Waals surface area contributed by atoms with Crippen LogP contribution in [-0.2, 0) is 20.7 Å².